The van der Waals surface area contributed by atoms with Crippen LogP contribution in [0, 0.1) is 5.92 Å². The molecule has 0 bridgehead atoms. The van der Waals surface area contributed by atoms with E-state index in [1.165, 1.54) is 6.08 Å². The molecular formula is C17H24N2O3S. The second-order valence-corrected chi connectivity index (χ2v) is 8.28. The highest BCUT2D eigenvalue weighted by Gasteiger charge is 2.28. The van der Waals surface area contributed by atoms with Crippen LogP contribution in [-0.4, -0.2) is 31.7 Å². The lowest BCUT2D eigenvalue weighted by atomic mass is 10.0. The summed E-state index contributed by atoms with van der Waals surface area (Å²) < 4.78 is 26.8. The summed E-state index contributed by atoms with van der Waals surface area (Å²) in [6.45, 7) is 6.90. The number of benzene rings is 1. The Kier molecular flexibility index (Phi) is 5.59. The lowest BCUT2D eigenvalue weighted by Crippen LogP contribution is -2.39. The van der Waals surface area contributed by atoms with Gasteiger partial charge >= 0.3 is 0 Å². The van der Waals surface area contributed by atoms with Crippen molar-refractivity contribution < 1.29 is 13.2 Å². The molecule has 2 rings (SSSR count). The molecule has 1 amide bonds. The van der Waals surface area contributed by atoms with Crippen molar-refractivity contribution >= 4 is 21.6 Å². The number of piperidine rings is 1. The van der Waals surface area contributed by atoms with Crippen LogP contribution in [0.5, 0.6) is 0 Å². The standard InChI is InChI=1S/C17H24N2O3S/c1-13(2)11-17(20)18-15-6-8-16(9-7-15)23(21,22)19-10-4-5-14(3)12-19/h6-9,11,14H,4-5,10,12H2,1-3H3,(H,18,20). The maximum absolute atomic E-state index is 12.6. The van der Waals surface area contributed by atoms with Crippen LogP contribution in [0.1, 0.15) is 33.6 Å². The Morgan fingerprint density at radius 1 is 1.26 bits per heavy atom. The van der Waals surface area contributed by atoms with Gasteiger partial charge in [-0.05, 0) is 56.9 Å². The molecular weight excluding hydrogens is 312 g/mol. The van der Waals surface area contributed by atoms with E-state index < -0.39 is 10.0 Å². The number of rotatable bonds is 4. The van der Waals surface area contributed by atoms with Crippen molar-refractivity contribution in [3.05, 3.63) is 35.9 Å². The summed E-state index contributed by atoms with van der Waals surface area (Å²) in [5.41, 5.74) is 1.49. The van der Waals surface area contributed by atoms with E-state index in [9.17, 15) is 13.2 Å². The van der Waals surface area contributed by atoms with Gasteiger partial charge < -0.3 is 5.32 Å². The quantitative estimate of drug-likeness (QED) is 0.860. The first kappa shape index (κ1) is 17.7. The maximum Gasteiger partial charge on any atom is 0.248 e. The van der Waals surface area contributed by atoms with Gasteiger partial charge in [-0.15, -0.1) is 0 Å². The number of carbonyl (C=O) groups excluding carboxylic acids is 1. The van der Waals surface area contributed by atoms with E-state index in [2.05, 4.69) is 12.2 Å². The van der Waals surface area contributed by atoms with Crippen LogP contribution < -0.4 is 5.32 Å². The predicted octanol–water partition coefficient (Wildman–Crippen LogP) is 3.01. The molecule has 1 unspecified atom stereocenters. The van der Waals surface area contributed by atoms with E-state index >= 15 is 0 Å². The van der Waals surface area contributed by atoms with Gasteiger partial charge in [-0.2, -0.15) is 4.31 Å². The molecule has 1 aromatic rings. The van der Waals surface area contributed by atoms with Gasteiger partial charge in [0.2, 0.25) is 15.9 Å². The Morgan fingerprint density at radius 3 is 2.48 bits per heavy atom. The van der Waals surface area contributed by atoms with Crippen LogP contribution >= 0.6 is 0 Å². The van der Waals surface area contributed by atoms with Crippen molar-refractivity contribution in [2.45, 2.75) is 38.5 Å². The average molecular weight is 336 g/mol. The molecule has 1 atom stereocenters. The molecule has 0 radical (unpaired) electrons. The zero-order valence-electron chi connectivity index (χ0n) is 13.9. The second-order valence-electron chi connectivity index (χ2n) is 6.35. The molecule has 1 saturated heterocycles. The Morgan fingerprint density at radius 2 is 1.91 bits per heavy atom. The van der Waals surface area contributed by atoms with E-state index in [0.717, 1.165) is 18.4 Å². The number of allylic oxidation sites excluding steroid dienone is 1. The normalized spacial score (nSPS) is 19.2. The number of hydrogen-bond donors (Lipinski definition) is 1. The average Bonchev–Trinajstić information content (AvgIpc) is 2.47. The molecule has 1 aliphatic heterocycles. The van der Waals surface area contributed by atoms with Crippen molar-refractivity contribution in [2.75, 3.05) is 18.4 Å². The van der Waals surface area contributed by atoms with Crippen molar-refractivity contribution in [1.29, 1.82) is 0 Å². The van der Waals surface area contributed by atoms with Crippen molar-refractivity contribution in [3.8, 4) is 0 Å². The van der Waals surface area contributed by atoms with Gasteiger partial charge in [0.15, 0.2) is 0 Å². The van der Waals surface area contributed by atoms with Crippen LogP contribution in [0.25, 0.3) is 0 Å². The minimum Gasteiger partial charge on any atom is -0.323 e. The summed E-state index contributed by atoms with van der Waals surface area (Å²) in [6.07, 6.45) is 3.47. The highest BCUT2D eigenvalue weighted by molar-refractivity contribution is 7.89. The maximum atomic E-state index is 12.6. The fourth-order valence-corrected chi connectivity index (χ4v) is 4.26. The molecule has 126 valence electrons. The van der Waals surface area contributed by atoms with Gasteiger partial charge in [-0.1, -0.05) is 12.5 Å². The second kappa shape index (κ2) is 7.27. The molecule has 1 fully saturated rings. The summed E-state index contributed by atoms with van der Waals surface area (Å²) in [5, 5.41) is 2.71. The first-order chi connectivity index (χ1) is 10.8. The third-order valence-corrected chi connectivity index (χ3v) is 5.68. The zero-order valence-corrected chi connectivity index (χ0v) is 14.7. The first-order valence-electron chi connectivity index (χ1n) is 7.85. The van der Waals surface area contributed by atoms with Crippen LogP contribution in [0.3, 0.4) is 0 Å². The highest BCUT2D eigenvalue weighted by Crippen LogP contribution is 2.24. The number of nitrogens with one attached hydrogen (secondary N) is 1. The number of anilines is 1. The Balaban J connectivity index is 2.12. The minimum atomic E-state index is -3.45. The molecule has 1 aromatic carbocycles. The summed E-state index contributed by atoms with van der Waals surface area (Å²) in [7, 11) is -3.45. The Bertz CT molecular complexity index is 689. The third-order valence-electron chi connectivity index (χ3n) is 3.80. The molecule has 0 aromatic heterocycles. The van der Waals surface area contributed by atoms with Crippen LogP contribution in [0.4, 0.5) is 5.69 Å². The molecule has 1 heterocycles. The van der Waals surface area contributed by atoms with E-state index in [-0.39, 0.29) is 10.8 Å². The number of hydrogen-bond acceptors (Lipinski definition) is 3. The Hall–Kier alpha value is -1.66. The number of nitrogens with zero attached hydrogens (tertiary/aromatic N) is 1. The SMILES string of the molecule is CC(C)=CC(=O)Nc1ccc(S(=O)(=O)N2CCCC(C)C2)cc1. The summed E-state index contributed by atoms with van der Waals surface area (Å²) in [4.78, 5) is 11.9. The third kappa shape index (κ3) is 4.65. The minimum absolute atomic E-state index is 0.217. The monoisotopic (exact) mass is 336 g/mol. The van der Waals surface area contributed by atoms with Crippen molar-refractivity contribution in [3.63, 3.8) is 0 Å². The fraction of sp³-hybridized carbons (Fsp3) is 0.471. The topological polar surface area (TPSA) is 66.5 Å². The van der Waals surface area contributed by atoms with Gasteiger partial charge in [0, 0.05) is 24.9 Å². The molecule has 6 heteroatoms. The number of amides is 1. The van der Waals surface area contributed by atoms with Gasteiger partial charge in [-0.3, -0.25) is 4.79 Å². The molecule has 5 nitrogen and oxygen atoms in total. The van der Waals surface area contributed by atoms with Crippen molar-refractivity contribution in [1.82, 2.24) is 4.31 Å². The number of carbonyl (C=O) groups is 1. The molecule has 1 N–H and O–H groups in total. The van der Waals surface area contributed by atoms with Gasteiger partial charge in [0.05, 0.1) is 4.90 Å². The highest BCUT2D eigenvalue weighted by atomic mass is 32.2. The predicted molar refractivity (Wildman–Crippen MR) is 91.7 cm³/mol. The van der Waals surface area contributed by atoms with Crippen LogP contribution in [-0.2, 0) is 14.8 Å². The molecule has 1 aliphatic rings. The Labute approximate surface area is 138 Å². The molecule has 23 heavy (non-hydrogen) atoms. The summed E-state index contributed by atoms with van der Waals surface area (Å²) >= 11 is 0. The van der Waals surface area contributed by atoms with Gasteiger partial charge in [-0.25, -0.2) is 8.42 Å². The van der Waals surface area contributed by atoms with E-state index in [0.29, 0.717) is 24.7 Å². The number of sulfonamides is 1. The van der Waals surface area contributed by atoms with Crippen LogP contribution in [0.15, 0.2) is 40.8 Å². The van der Waals surface area contributed by atoms with Gasteiger partial charge in [0.25, 0.3) is 0 Å². The smallest absolute Gasteiger partial charge is 0.248 e. The largest absolute Gasteiger partial charge is 0.323 e. The lowest BCUT2D eigenvalue weighted by molar-refractivity contribution is -0.111. The molecule has 0 aliphatic carbocycles. The van der Waals surface area contributed by atoms with E-state index in [4.69, 9.17) is 0 Å². The molecule has 0 saturated carbocycles. The van der Waals surface area contributed by atoms with E-state index in [1.54, 1.807) is 28.6 Å². The lowest BCUT2D eigenvalue weighted by Gasteiger charge is -2.30. The summed E-state index contributed by atoms with van der Waals surface area (Å²) in [5.74, 6) is 0.173. The summed E-state index contributed by atoms with van der Waals surface area (Å²) in [6, 6.07) is 6.34. The van der Waals surface area contributed by atoms with Crippen molar-refractivity contribution in [2.24, 2.45) is 5.92 Å². The van der Waals surface area contributed by atoms with E-state index in [1.807, 2.05) is 13.8 Å². The van der Waals surface area contributed by atoms with Crippen LogP contribution in [0.2, 0.25) is 0 Å². The van der Waals surface area contributed by atoms with Gasteiger partial charge in [0.1, 0.15) is 0 Å². The first-order valence-corrected chi connectivity index (χ1v) is 9.29. The zero-order chi connectivity index (χ0) is 17.0. The molecule has 0 spiro atoms. The fourth-order valence-electron chi connectivity index (χ4n) is 2.66.